The van der Waals surface area contributed by atoms with Crippen molar-refractivity contribution in [3.63, 3.8) is 0 Å². The van der Waals surface area contributed by atoms with Crippen molar-refractivity contribution in [1.82, 2.24) is 4.98 Å². The van der Waals surface area contributed by atoms with E-state index in [-0.39, 0.29) is 24.7 Å². The maximum absolute atomic E-state index is 12.8. The lowest BCUT2D eigenvalue weighted by Gasteiger charge is -2.24. The van der Waals surface area contributed by atoms with Crippen molar-refractivity contribution >= 4 is 16.1 Å². The molecule has 2 atom stereocenters. The summed E-state index contributed by atoms with van der Waals surface area (Å²) in [7, 11) is -5.50. The van der Waals surface area contributed by atoms with Crippen molar-refractivity contribution in [2.45, 2.75) is 25.9 Å². The Bertz CT molecular complexity index is 516. The third-order valence-electron chi connectivity index (χ3n) is 2.54. The van der Waals surface area contributed by atoms with Crippen LogP contribution in [0.1, 0.15) is 26.5 Å². The highest BCUT2D eigenvalue weighted by atomic mass is 31.2. The highest BCUT2D eigenvalue weighted by Crippen LogP contribution is 2.68. The molecule has 0 fully saturated rings. The van der Waals surface area contributed by atoms with Gasteiger partial charge in [0.25, 0.3) is 0 Å². The second kappa shape index (κ2) is 7.97. The maximum atomic E-state index is 12.8. The highest BCUT2D eigenvalue weighted by Gasteiger charge is 2.62. The highest BCUT2D eigenvalue weighted by molar-refractivity contribution is 7.63. The summed E-state index contributed by atoms with van der Waals surface area (Å²) in [5.41, 5.74) is -0.120. The van der Waals surface area contributed by atoms with Crippen molar-refractivity contribution in [3.05, 3.63) is 24.0 Å². The third-order valence-corrected chi connectivity index (χ3v) is 6.36. The van der Waals surface area contributed by atoms with Gasteiger partial charge in [-0.25, -0.2) is 4.98 Å². The van der Waals surface area contributed by atoms with Crippen LogP contribution in [-0.4, -0.2) is 29.9 Å². The maximum Gasteiger partial charge on any atom is 0.419 e. The number of hydrogen-bond donors (Lipinski definition) is 1. The summed E-state index contributed by atoms with van der Waals surface area (Å²) in [6.07, 6.45) is 1.38. The first kappa shape index (κ1) is 18.2. The zero-order valence-electron chi connectivity index (χ0n) is 12.2. The van der Waals surface area contributed by atoms with Crippen LogP contribution in [0.5, 0.6) is 5.75 Å². The first-order chi connectivity index (χ1) is 9.99. The Kier molecular flexibility index (Phi) is 6.91. The molecule has 1 aromatic rings. The van der Waals surface area contributed by atoms with Crippen LogP contribution in [-0.2, 0) is 23.3 Å². The van der Waals surface area contributed by atoms with Gasteiger partial charge in [0.15, 0.2) is 5.69 Å². The van der Waals surface area contributed by atoms with Crippen LogP contribution < -0.4 is 4.74 Å². The van der Waals surface area contributed by atoms with E-state index in [1.54, 1.807) is 32.9 Å². The molecule has 0 bridgehead atoms. The van der Waals surface area contributed by atoms with Gasteiger partial charge in [0, 0.05) is 6.20 Å². The van der Waals surface area contributed by atoms with Crippen molar-refractivity contribution in [3.8, 4) is 5.75 Å². The van der Waals surface area contributed by atoms with E-state index in [0.717, 1.165) is 0 Å². The smallest absolute Gasteiger partial charge is 0.419 e. The molecule has 1 rings (SSSR count). The molecule has 7 nitrogen and oxygen atoms in total. The fourth-order valence-electron chi connectivity index (χ4n) is 1.72. The van der Waals surface area contributed by atoms with Gasteiger partial charge in [-0.3, -0.25) is 4.57 Å². The molecule has 0 saturated heterocycles. The van der Waals surface area contributed by atoms with Gasteiger partial charge >= 0.3 is 21.1 Å². The summed E-state index contributed by atoms with van der Waals surface area (Å²) in [5.74, 6) is 0.186. The van der Waals surface area contributed by atoms with Gasteiger partial charge < -0.3 is 18.9 Å². The number of hydrogen-bond acceptors (Lipinski definition) is 7. The molecular formula is C12H20NO6P2+. The molecule has 21 heavy (non-hydrogen) atoms. The largest absolute Gasteiger partial charge is 0.492 e. The minimum Gasteiger partial charge on any atom is -0.492 e. The van der Waals surface area contributed by atoms with Gasteiger partial charge in [-0.05, 0) is 32.9 Å². The Morgan fingerprint density at radius 2 is 1.90 bits per heavy atom. The second-order valence-electron chi connectivity index (χ2n) is 3.89. The van der Waals surface area contributed by atoms with Crippen LogP contribution in [0.25, 0.3) is 0 Å². The average Bonchev–Trinajstić information content (AvgIpc) is 2.47. The quantitative estimate of drug-likeness (QED) is 0.693. The van der Waals surface area contributed by atoms with Gasteiger partial charge in [0.2, 0.25) is 0 Å². The molecule has 0 saturated carbocycles. The molecule has 9 heteroatoms. The van der Waals surface area contributed by atoms with E-state index in [2.05, 4.69) is 4.98 Å². The monoisotopic (exact) mass is 336 g/mol. The zero-order chi connectivity index (χ0) is 15.9. The lowest BCUT2D eigenvalue weighted by molar-refractivity contribution is 0.120. The van der Waals surface area contributed by atoms with Gasteiger partial charge in [-0.1, -0.05) is 4.57 Å². The normalized spacial score (nSPS) is 14.9. The molecule has 0 aliphatic heterocycles. The van der Waals surface area contributed by atoms with Gasteiger partial charge in [0.1, 0.15) is 5.75 Å². The Labute approximate surface area is 125 Å². The summed E-state index contributed by atoms with van der Waals surface area (Å²) in [6.45, 7) is 5.32. The lowest BCUT2D eigenvalue weighted by atomic mass is 10.3. The Morgan fingerprint density at radius 3 is 2.38 bits per heavy atom. The predicted molar refractivity (Wildman–Crippen MR) is 79.2 cm³/mol. The van der Waals surface area contributed by atoms with Crippen LogP contribution in [0.3, 0.4) is 0 Å². The molecule has 0 spiro atoms. The molecule has 1 N–H and O–H groups in total. The topological polar surface area (TPSA) is 95.0 Å². The summed E-state index contributed by atoms with van der Waals surface area (Å²) in [6, 6.07) is 3.13. The van der Waals surface area contributed by atoms with Crippen LogP contribution >= 0.6 is 16.1 Å². The lowest BCUT2D eigenvalue weighted by Crippen LogP contribution is -2.24. The number of aliphatic hydroxyl groups is 1. The minimum absolute atomic E-state index is 0.0286. The molecule has 0 aromatic carbocycles. The second-order valence-corrected chi connectivity index (χ2v) is 7.40. The SMILES string of the molecule is CCOc1cccnc1[C@@](O)([PH+]=O)P(=O)(OCC)OCC. The minimum atomic E-state index is -4.10. The molecule has 0 amide bonds. The number of pyridine rings is 1. The molecule has 118 valence electrons. The van der Waals surface area contributed by atoms with E-state index in [1.807, 2.05) is 0 Å². The summed E-state index contributed by atoms with van der Waals surface area (Å²) in [4.78, 5) is 3.97. The van der Waals surface area contributed by atoms with E-state index in [0.29, 0.717) is 6.61 Å². The fourth-order valence-corrected chi connectivity index (χ4v) is 4.40. The van der Waals surface area contributed by atoms with E-state index < -0.39 is 21.1 Å². The standard InChI is InChI=1S/C12H19NO6P2/c1-4-17-10-8-7-9-13-11(10)12(14,20-15)21(16,18-5-2)19-6-3/h7-9,14H,4-6H2,1-3H3/p+1/t12-/m1/s1. The molecule has 0 aliphatic carbocycles. The van der Waals surface area contributed by atoms with E-state index >= 15 is 0 Å². The molecule has 0 aliphatic rings. The summed E-state index contributed by atoms with van der Waals surface area (Å²) < 4.78 is 40.1. The molecule has 1 unspecified atom stereocenters. The van der Waals surface area contributed by atoms with Crippen molar-refractivity contribution in [2.24, 2.45) is 0 Å². The van der Waals surface area contributed by atoms with Gasteiger partial charge in [0.05, 0.1) is 19.8 Å². The Balaban J connectivity index is 3.43. The van der Waals surface area contributed by atoms with E-state index in [9.17, 15) is 14.2 Å². The summed E-state index contributed by atoms with van der Waals surface area (Å²) in [5, 5.41) is 8.35. The molecule has 1 heterocycles. The predicted octanol–water partition coefficient (Wildman–Crippen LogP) is 2.87. The first-order valence-electron chi connectivity index (χ1n) is 6.58. The number of ether oxygens (including phenoxy) is 1. The summed E-state index contributed by atoms with van der Waals surface area (Å²) >= 11 is 0. The Morgan fingerprint density at radius 1 is 1.29 bits per heavy atom. The molecule has 1 aromatic heterocycles. The number of rotatable bonds is 9. The molecular weight excluding hydrogens is 316 g/mol. The fraction of sp³-hybridized carbons (Fsp3) is 0.583. The van der Waals surface area contributed by atoms with Crippen molar-refractivity contribution in [2.75, 3.05) is 19.8 Å². The third kappa shape index (κ3) is 3.68. The van der Waals surface area contributed by atoms with Crippen molar-refractivity contribution in [1.29, 1.82) is 0 Å². The van der Waals surface area contributed by atoms with Crippen LogP contribution in [0.4, 0.5) is 0 Å². The average molecular weight is 336 g/mol. The van der Waals surface area contributed by atoms with Crippen LogP contribution in [0.2, 0.25) is 0 Å². The van der Waals surface area contributed by atoms with Crippen LogP contribution in [0, 0.1) is 0 Å². The van der Waals surface area contributed by atoms with Gasteiger partial charge in [-0.2, -0.15) is 0 Å². The first-order valence-corrected chi connectivity index (χ1v) is 9.03. The van der Waals surface area contributed by atoms with E-state index in [1.165, 1.54) is 6.20 Å². The Hall–Kier alpha value is -0.840. The molecule has 0 radical (unpaired) electrons. The van der Waals surface area contributed by atoms with Crippen LogP contribution in [0.15, 0.2) is 18.3 Å². The van der Waals surface area contributed by atoms with Crippen molar-refractivity contribution < 1.29 is 28.0 Å². The van der Waals surface area contributed by atoms with Gasteiger partial charge in [-0.15, -0.1) is 0 Å². The van der Waals surface area contributed by atoms with E-state index in [4.69, 9.17) is 13.8 Å². The zero-order valence-corrected chi connectivity index (χ0v) is 14.1. The number of aromatic nitrogens is 1. The number of nitrogens with zero attached hydrogens (tertiary/aromatic N) is 1.